The highest BCUT2D eigenvalue weighted by molar-refractivity contribution is 5.95. The lowest BCUT2D eigenvalue weighted by Gasteiger charge is -2.19. The highest BCUT2D eigenvalue weighted by Crippen LogP contribution is 2.25. The maximum Gasteiger partial charge on any atom is 0.261 e. The molecule has 1 aliphatic rings. The molecule has 1 fully saturated rings. The van der Waals surface area contributed by atoms with Crippen LogP contribution in [-0.2, 0) is 16.1 Å². The second kappa shape index (κ2) is 7.83. The molecular formula is C20H22N2O3. The fourth-order valence-electron chi connectivity index (χ4n) is 2.83. The van der Waals surface area contributed by atoms with Crippen LogP contribution in [0.1, 0.15) is 25.3 Å². The topological polar surface area (TPSA) is 58.6 Å². The number of carbonyl (C=O) groups excluding carboxylic acids is 2. The molecule has 1 N–H and O–H groups in total. The van der Waals surface area contributed by atoms with E-state index in [9.17, 15) is 9.59 Å². The minimum atomic E-state index is -0.617. The summed E-state index contributed by atoms with van der Waals surface area (Å²) in [5.74, 6) is 0.539. The van der Waals surface area contributed by atoms with Crippen molar-refractivity contribution in [2.45, 2.75) is 32.4 Å². The quantitative estimate of drug-likeness (QED) is 0.881. The second-order valence-electron chi connectivity index (χ2n) is 6.11. The van der Waals surface area contributed by atoms with Gasteiger partial charge in [0.15, 0.2) is 6.10 Å². The number of amides is 2. The van der Waals surface area contributed by atoms with Gasteiger partial charge in [0.05, 0.1) is 0 Å². The first kappa shape index (κ1) is 17.0. The lowest BCUT2D eigenvalue weighted by Crippen LogP contribution is -2.35. The number of nitrogens with one attached hydrogen (secondary N) is 1. The van der Waals surface area contributed by atoms with E-state index >= 15 is 0 Å². The van der Waals surface area contributed by atoms with E-state index in [2.05, 4.69) is 5.32 Å². The van der Waals surface area contributed by atoms with Gasteiger partial charge in [0.2, 0.25) is 5.91 Å². The maximum atomic E-state index is 12.2. The third kappa shape index (κ3) is 4.38. The van der Waals surface area contributed by atoms with E-state index in [1.165, 1.54) is 0 Å². The van der Waals surface area contributed by atoms with Crippen molar-refractivity contribution in [3.63, 3.8) is 0 Å². The zero-order chi connectivity index (χ0) is 17.6. The van der Waals surface area contributed by atoms with Crippen molar-refractivity contribution >= 4 is 17.5 Å². The Kier molecular flexibility index (Phi) is 5.33. The number of carbonyl (C=O) groups is 2. The van der Waals surface area contributed by atoms with Crippen LogP contribution >= 0.6 is 0 Å². The number of nitrogens with zero attached hydrogens (tertiary/aromatic N) is 1. The Labute approximate surface area is 147 Å². The predicted molar refractivity (Wildman–Crippen MR) is 96.4 cm³/mol. The average molecular weight is 338 g/mol. The Morgan fingerprint density at radius 1 is 1.20 bits per heavy atom. The van der Waals surface area contributed by atoms with Gasteiger partial charge in [-0.05, 0) is 31.0 Å². The lowest BCUT2D eigenvalue weighted by atomic mass is 10.2. The molecule has 0 aromatic heterocycles. The van der Waals surface area contributed by atoms with Crippen LogP contribution in [0.15, 0.2) is 54.6 Å². The lowest BCUT2D eigenvalue weighted by molar-refractivity contribution is -0.127. The maximum absolute atomic E-state index is 12.2. The molecule has 2 aromatic carbocycles. The van der Waals surface area contributed by atoms with Gasteiger partial charge in [-0.3, -0.25) is 9.59 Å². The highest BCUT2D eigenvalue weighted by Gasteiger charge is 2.22. The normalized spacial score (nSPS) is 15.1. The van der Waals surface area contributed by atoms with Gasteiger partial charge in [-0.2, -0.15) is 0 Å². The molecule has 0 radical (unpaired) electrons. The van der Waals surface area contributed by atoms with E-state index < -0.39 is 6.10 Å². The van der Waals surface area contributed by atoms with E-state index in [1.54, 1.807) is 17.9 Å². The molecule has 130 valence electrons. The molecule has 0 spiro atoms. The summed E-state index contributed by atoms with van der Waals surface area (Å²) in [6.07, 6.45) is 0.847. The van der Waals surface area contributed by atoms with Gasteiger partial charge >= 0.3 is 0 Å². The van der Waals surface area contributed by atoms with Crippen LogP contribution in [0.2, 0.25) is 0 Å². The van der Waals surface area contributed by atoms with Gasteiger partial charge in [0.25, 0.3) is 5.91 Å². The number of ether oxygens (including phenoxy) is 1. The van der Waals surface area contributed by atoms with Crippen molar-refractivity contribution in [3.05, 3.63) is 60.2 Å². The monoisotopic (exact) mass is 338 g/mol. The zero-order valence-corrected chi connectivity index (χ0v) is 14.3. The molecule has 0 bridgehead atoms. The van der Waals surface area contributed by atoms with E-state index in [1.807, 2.05) is 48.5 Å². The van der Waals surface area contributed by atoms with Gasteiger partial charge in [0.1, 0.15) is 5.75 Å². The average Bonchev–Trinajstić information content (AvgIpc) is 3.06. The summed E-state index contributed by atoms with van der Waals surface area (Å²) < 4.78 is 5.75. The fourth-order valence-corrected chi connectivity index (χ4v) is 2.83. The molecule has 25 heavy (non-hydrogen) atoms. The first-order chi connectivity index (χ1) is 12.1. The Morgan fingerprint density at radius 2 is 2.00 bits per heavy atom. The number of hydrogen-bond donors (Lipinski definition) is 1. The smallest absolute Gasteiger partial charge is 0.261 e. The van der Waals surface area contributed by atoms with Crippen LogP contribution in [0.25, 0.3) is 0 Å². The number of rotatable bonds is 6. The molecule has 2 aromatic rings. The van der Waals surface area contributed by atoms with Gasteiger partial charge in [-0.15, -0.1) is 0 Å². The van der Waals surface area contributed by atoms with E-state index in [-0.39, 0.29) is 11.8 Å². The molecule has 0 aliphatic carbocycles. The number of anilines is 1. The largest absolute Gasteiger partial charge is 0.481 e. The molecule has 1 aliphatic heterocycles. The van der Waals surface area contributed by atoms with Crippen LogP contribution in [0.4, 0.5) is 5.69 Å². The van der Waals surface area contributed by atoms with Crippen LogP contribution < -0.4 is 15.0 Å². The summed E-state index contributed by atoms with van der Waals surface area (Å²) in [5, 5.41) is 2.87. The number of benzene rings is 2. The third-order valence-electron chi connectivity index (χ3n) is 4.19. The van der Waals surface area contributed by atoms with Crippen molar-refractivity contribution < 1.29 is 14.3 Å². The Hall–Kier alpha value is -2.82. The Balaban J connectivity index is 1.57. The van der Waals surface area contributed by atoms with Gasteiger partial charge in [-0.1, -0.05) is 36.4 Å². The molecule has 3 rings (SSSR count). The Morgan fingerprint density at radius 3 is 2.72 bits per heavy atom. The second-order valence-corrected chi connectivity index (χ2v) is 6.11. The first-order valence-corrected chi connectivity index (χ1v) is 8.52. The van der Waals surface area contributed by atoms with Crippen molar-refractivity contribution in [1.82, 2.24) is 5.32 Å². The van der Waals surface area contributed by atoms with Crippen molar-refractivity contribution in [1.29, 1.82) is 0 Å². The summed E-state index contributed by atoms with van der Waals surface area (Å²) in [6, 6.07) is 17.1. The molecule has 5 nitrogen and oxygen atoms in total. The Bertz CT molecular complexity index is 746. The molecule has 2 amide bonds. The van der Waals surface area contributed by atoms with Crippen molar-refractivity contribution in [2.24, 2.45) is 0 Å². The van der Waals surface area contributed by atoms with Gasteiger partial charge < -0.3 is 15.0 Å². The summed E-state index contributed by atoms with van der Waals surface area (Å²) in [5.41, 5.74) is 1.86. The molecule has 1 saturated heterocycles. The van der Waals surface area contributed by atoms with Gasteiger partial charge in [-0.25, -0.2) is 0 Å². The van der Waals surface area contributed by atoms with Crippen LogP contribution in [-0.4, -0.2) is 24.5 Å². The minimum absolute atomic E-state index is 0.130. The number of hydrogen-bond acceptors (Lipinski definition) is 3. The molecule has 1 atom stereocenters. The SMILES string of the molecule is C[C@@H](Oc1cccc(N2CCCC2=O)c1)C(=O)NCc1ccccc1. The first-order valence-electron chi connectivity index (χ1n) is 8.52. The predicted octanol–water partition coefficient (Wildman–Crippen LogP) is 2.90. The summed E-state index contributed by atoms with van der Waals surface area (Å²) in [7, 11) is 0. The molecule has 0 saturated carbocycles. The molecule has 1 heterocycles. The van der Waals surface area contributed by atoms with Crippen LogP contribution in [0, 0.1) is 0 Å². The standard InChI is InChI=1S/C20H22N2O3/c1-15(20(24)21-14-16-7-3-2-4-8-16)25-18-10-5-9-17(13-18)22-12-6-11-19(22)23/h2-5,7-10,13,15H,6,11-12,14H2,1H3,(H,21,24)/t15-/m1/s1. The van der Waals surface area contributed by atoms with E-state index in [0.29, 0.717) is 18.7 Å². The highest BCUT2D eigenvalue weighted by atomic mass is 16.5. The van der Waals surface area contributed by atoms with Crippen LogP contribution in [0.5, 0.6) is 5.75 Å². The zero-order valence-electron chi connectivity index (χ0n) is 14.3. The van der Waals surface area contributed by atoms with E-state index in [4.69, 9.17) is 4.74 Å². The minimum Gasteiger partial charge on any atom is -0.481 e. The molecule has 0 unspecified atom stereocenters. The summed E-state index contributed by atoms with van der Waals surface area (Å²) in [6.45, 7) is 2.92. The fraction of sp³-hybridized carbons (Fsp3) is 0.300. The third-order valence-corrected chi connectivity index (χ3v) is 4.19. The molecule has 5 heteroatoms. The van der Waals surface area contributed by atoms with E-state index in [0.717, 1.165) is 24.2 Å². The summed E-state index contributed by atoms with van der Waals surface area (Å²) in [4.78, 5) is 25.8. The van der Waals surface area contributed by atoms with Crippen molar-refractivity contribution in [3.8, 4) is 5.75 Å². The van der Waals surface area contributed by atoms with Gasteiger partial charge in [0, 0.05) is 31.3 Å². The molecular weight excluding hydrogens is 316 g/mol. The van der Waals surface area contributed by atoms with Crippen LogP contribution in [0.3, 0.4) is 0 Å². The summed E-state index contributed by atoms with van der Waals surface area (Å²) >= 11 is 0. The van der Waals surface area contributed by atoms with Crippen molar-refractivity contribution in [2.75, 3.05) is 11.4 Å².